The van der Waals surface area contributed by atoms with Crippen LogP contribution in [-0.4, -0.2) is 36.2 Å². The van der Waals surface area contributed by atoms with Crippen molar-refractivity contribution in [2.75, 3.05) is 26.2 Å². The van der Waals surface area contributed by atoms with Crippen molar-refractivity contribution < 1.29 is 5.11 Å². The molecular formula is C13H25NO. The van der Waals surface area contributed by atoms with Gasteiger partial charge < -0.3 is 10.0 Å². The molecule has 1 aliphatic carbocycles. The van der Waals surface area contributed by atoms with Gasteiger partial charge in [0.25, 0.3) is 0 Å². The summed E-state index contributed by atoms with van der Waals surface area (Å²) in [4.78, 5) is 2.58. The Kier molecular flexibility index (Phi) is 3.09. The van der Waals surface area contributed by atoms with Crippen molar-refractivity contribution in [3.63, 3.8) is 0 Å². The quantitative estimate of drug-likeness (QED) is 0.771. The minimum absolute atomic E-state index is 0.287. The van der Waals surface area contributed by atoms with Crippen LogP contribution in [0.25, 0.3) is 0 Å². The summed E-state index contributed by atoms with van der Waals surface area (Å²) in [5.41, 5.74) is 1.00. The van der Waals surface area contributed by atoms with Crippen molar-refractivity contribution in [3.8, 4) is 0 Å². The lowest BCUT2D eigenvalue weighted by Crippen LogP contribution is -2.57. The van der Waals surface area contributed by atoms with Gasteiger partial charge in [-0.3, -0.25) is 0 Å². The van der Waals surface area contributed by atoms with E-state index >= 15 is 0 Å². The molecule has 1 saturated carbocycles. The van der Waals surface area contributed by atoms with E-state index in [-0.39, 0.29) is 5.41 Å². The number of aliphatic hydroxyl groups is 1. The number of aliphatic hydroxyl groups excluding tert-OH is 1. The maximum absolute atomic E-state index is 8.99. The molecule has 88 valence electrons. The van der Waals surface area contributed by atoms with E-state index in [9.17, 15) is 0 Å². The first-order valence-electron chi connectivity index (χ1n) is 6.39. The lowest BCUT2D eigenvalue weighted by atomic mass is 9.76. The summed E-state index contributed by atoms with van der Waals surface area (Å²) < 4.78 is 0. The zero-order chi connectivity index (χ0) is 10.9. The molecule has 15 heavy (non-hydrogen) atoms. The van der Waals surface area contributed by atoms with Gasteiger partial charge in [0.05, 0.1) is 0 Å². The summed E-state index contributed by atoms with van der Waals surface area (Å²) in [6, 6.07) is 0. The Balaban J connectivity index is 1.75. The van der Waals surface area contributed by atoms with E-state index in [1.54, 1.807) is 0 Å². The molecular weight excluding hydrogens is 186 g/mol. The minimum atomic E-state index is 0.287. The van der Waals surface area contributed by atoms with E-state index in [4.69, 9.17) is 5.11 Å². The number of rotatable bonds is 4. The second-order valence-corrected chi connectivity index (χ2v) is 6.49. The van der Waals surface area contributed by atoms with E-state index in [1.165, 1.54) is 38.8 Å². The first-order valence-corrected chi connectivity index (χ1v) is 6.39. The molecule has 1 spiro atoms. The Hall–Kier alpha value is -0.0800. The third-order valence-corrected chi connectivity index (χ3v) is 4.22. The zero-order valence-corrected chi connectivity index (χ0v) is 10.3. The van der Waals surface area contributed by atoms with Gasteiger partial charge in [0.2, 0.25) is 0 Å². The predicted molar refractivity (Wildman–Crippen MR) is 62.8 cm³/mol. The molecule has 0 aromatic rings. The van der Waals surface area contributed by atoms with E-state index in [0.717, 1.165) is 18.4 Å². The van der Waals surface area contributed by atoms with E-state index in [2.05, 4.69) is 18.7 Å². The molecule has 0 bridgehead atoms. The van der Waals surface area contributed by atoms with Gasteiger partial charge in [-0.05, 0) is 30.1 Å². The molecule has 1 heterocycles. The van der Waals surface area contributed by atoms with Crippen LogP contribution >= 0.6 is 0 Å². The van der Waals surface area contributed by atoms with Crippen molar-refractivity contribution in [1.82, 2.24) is 4.90 Å². The summed E-state index contributed by atoms with van der Waals surface area (Å²) in [6.07, 6.45) is 6.76. The minimum Gasteiger partial charge on any atom is -0.396 e. The molecule has 0 amide bonds. The maximum atomic E-state index is 8.99. The molecule has 0 atom stereocenters. The SMILES string of the molecule is CC(C)(CCO)CN1CC2(CCCC2)C1. The molecule has 1 aliphatic heterocycles. The topological polar surface area (TPSA) is 23.5 Å². The summed E-state index contributed by atoms with van der Waals surface area (Å²) in [6.45, 7) is 8.66. The molecule has 0 unspecified atom stereocenters. The highest BCUT2D eigenvalue weighted by Gasteiger charge is 2.45. The van der Waals surface area contributed by atoms with Crippen LogP contribution in [0.15, 0.2) is 0 Å². The Bertz CT molecular complexity index is 211. The van der Waals surface area contributed by atoms with Crippen LogP contribution in [0, 0.1) is 10.8 Å². The summed E-state index contributed by atoms with van der Waals surface area (Å²) in [5, 5.41) is 8.99. The third kappa shape index (κ3) is 2.54. The van der Waals surface area contributed by atoms with E-state index in [1.807, 2.05) is 0 Å². The molecule has 2 heteroatoms. The molecule has 2 nitrogen and oxygen atoms in total. The van der Waals surface area contributed by atoms with Gasteiger partial charge in [0, 0.05) is 26.2 Å². The number of hydrogen-bond acceptors (Lipinski definition) is 2. The van der Waals surface area contributed by atoms with Crippen molar-refractivity contribution in [2.45, 2.75) is 46.0 Å². The van der Waals surface area contributed by atoms with E-state index in [0.29, 0.717) is 6.61 Å². The molecule has 0 radical (unpaired) electrons. The van der Waals surface area contributed by atoms with Gasteiger partial charge in [-0.25, -0.2) is 0 Å². The van der Waals surface area contributed by atoms with E-state index < -0.39 is 0 Å². The maximum Gasteiger partial charge on any atom is 0.0436 e. The highest BCUT2D eigenvalue weighted by atomic mass is 16.3. The Morgan fingerprint density at radius 2 is 1.80 bits per heavy atom. The second-order valence-electron chi connectivity index (χ2n) is 6.49. The van der Waals surface area contributed by atoms with Crippen LogP contribution < -0.4 is 0 Å². The number of likely N-dealkylation sites (tertiary alicyclic amines) is 1. The third-order valence-electron chi connectivity index (χ3n) is 4.22. The normalized spacial score (nSPS) is 25.8. The fraction of sp³-hybridized carbons (Fsp3) is 1.00. The summed E-state index contributed by atoms with van der Waals surface area (Å²) in [5.74, 6) is 0. The number of nitrogens with zero attached hydrogens (tertiary/aromatic N) is 1. The fourth-order valence-corrected chi connectivity index (χ4v) is 3.44. The number of hydrogen-bond donors (Lipinski definition) is 1. The Morgan fingerprint density at radius 1 is 1.20 bits per heavy atom. The molecule has 2 fully saturated rings. The fourth-order valence-electron chi connectivity index (χ4n) is 3.44. The van der Waals surface area contributed by atoms with Gasteiger partial charge in [0.15, 0.2) is 0 Å². The van der Waals surface area contributed by atoms with Crippen molar-refractivity contribution in [3.05, 3.63) is 0 Å². The van der Waals surface area contributed by atoms with Crippen molar-refractivity contribution in [2.24, 2.45) is 10.8 Å². The summed E-state index contributed by atoms with van der Waals surface area (Å²) in [7, 11) is 0. The molecule has 1 saturated heterocycles. The van der Waals surface area contributed by atoms with Gasteiger partial charge in [-0.15, -0.1) is 0 Å². The van der Waals surface area contributed by atoms with Gasteiger partial charge in [-0.1, -0.05) is 26.7 Å². The standard InChI is InChI=1S/C13H25NO/c1-12(2,7-8-15)9-14-10-13(11-14)5-3-4-6-13/h15H,3-11H2,1-2H3. The second kappa shape index (κ2) is 4.06. The van der Waals surface area contributed by atoms with Crippen LogP contribution in [0.1, 0.15) is 46.0 Å². The highest BCUT2D eigenvalue weighted by molar-refractivity contribution is 4.98. The lowest BCUT2D eigenvalue weighted by Gasteiger charge is -2.51. The van der Waals surface area contributed by atoms with Crippen molar-refractivity contribution >= 4 is 0 Å². The lowest BCUT2D eigenvalue weighted by molar-refractivity contribution is -0.0217. The van der Waals surface area contributed by atoms with Crippen LogP contribution in [0.5, 0.6) is 0 Å². The van der Waals surface area contributed by atoms with Gasteiger partial charge in [0.1, 0.15) is 0 Å². The van der Waals surface area contributed by atoms with Crippen LogP contribution in [0.2, 0.25) is 0 Å². The van der Waals surface area contributed by atoms with Crippen LogP contribution in [-0.2, 0) is 0 Å². The van der Waals surface area contributed by atoms with Gasteiger partial charge in [-0.2, -0.15) is 0 Å². The average Bonchev–Trinajstić information content (AvgIpc) is 2.51. The zero-order valence-electron chi connectivity index (χ0n) is 10.3. The monoisotopic (exact) mass is 211 g/mol. The van der Waals surface area contributed by atoms with Gasteiger partial charge >= 0.3 is 0 Å². The average molecular weight is 211 g/mol. The van der Waals surface area contributed by atoms with Crippen molar-refractivity contribution in [1.29, 1.82) is 0 Å². The first kappa shape index (κ1) is 11.4. The Morgan fingerprint density at radius 3 is 2.33 bits per heavy atom. The van der Waals surface area contributed by atoms with Crippen LogP contribution in [0.4, 0.5) is 0 Å². The largest absolute Gasteiger partial charge is 0.396 e. The molecule has 2 rings (SSSR count). The Labute approximate surface area is 93.7 Å². The molecule has 2 aliphatic rings. The highest BCUT2D eigenvalue weighted by Crippen LogP contribution is 2.46. The smallest absolute Gasteiger partial charge is 0.0436 e. The van der Waals surface area contributed by atoms with Crippen LogP contribution in [0.3, 0.4) is 0 Å². The molecule has 0 aromatic carbocycles. The molecule has 1 N–H and O–H groups in total. The summed E-state index contributed by atoms with van der Waals surface area (Å²) >= 11 is 0. The predicted octanol–water partition coefficient (Wildman–Crippen LogP) is 2.27. The molecule has 0 aromatic heterocycles. The first-order chi connectivity index (χ1) is 7.05.